The summed E-state index contributed by atoms with van der Waals surface area (Å²) in [5.41, 5.74) is 0.210. The Bertz CT molecular complexity index is 984. The lowest BCUT2D eigenvalue weighted by Gasteiger charge is -2.49. The fourth-order valence-corrected chi connectivity index (χ4v) is 5.85. The maximum atomic E-state index is 13.0. The van der Waals surface area contributed by atoms with Crippen molar-refractivity contribution < 1.29 is 39.5 Å². The smallest absolute Gasteiger partial charge is 0.255 e. The predicted octanol–water partition coefficient (Wildman–Crippen LogP) is -0.837. The zero-order valence-corrected chi connectivity index (χ0v) is 17.2. The first-order valence-electron chi connectivity index (χ1n) is 9.92. The minimum Gasteiger partial charge on any atom is -0.504 e. The van der Waals surface area contributed by atoms with Crippen LogP contribution in [0.25, 0.3) is 0 Å². The number of hydrogen-bond acceptors (Lipinski definition) is 9. The topological polar surface area (TPSA) is 158 Å². The van der Waals surface area contributed by atoms with E-state index >= 15 is 0 Å². The summed E-state index contributed by atoms with van der Waals surface area (Å²) in [7, 11) is 0. The number of phenolic OH excluding ortho intramolecular Hbond substituents is 1. The lowest BCUT2D eigenvalue weighted by Crippen LogP contribution is -2.70. The highest BCUT2D eigenvalue weighted by Gasteiger charge is 2.55. The SMILES string of the molecule is CC1C=CSC1C(=O)NC1C(O)C(O)C(O)C2NC(=O)c3c(cc4c(c3O)OCO4)C21. The van der Waals surface area contributed by atoms with Gasteiger partial charge in [-0.2, -0.15) is 0 Å². The Morgan fingerprint density at radius 3 is 2.71 bits per heavy atom. The number of fused-ring (bicyclic) bond motifs is 4. The minimum atomic E-state index is -1.59. The zero-order valence-electron chi connectivity index (χ0n) is 16.4. The fourth-order valence-electron chi connectivity index (χ4n) is 4.81. The first-order valence-corrected chi connectivity index (χ1v) is 10.9. The van der Waals surface area contributed by atoms with Crippen molar-refractivity contribution in [2.24, 2.45) is 5.92 Å². The third-order valence-corrected chi connectivity index (χ3v) is 7.67. The molecular formula is C20H22N2O8S. The molecule has 3 aliphatic heterocycles. The number of nitrogens with one attached hydrogen (secondary N) is 2. The molecule has 3 heterocycles. The van der Waals surface area contributed by atoms with Crippen LogP contribution in [-0.2, 0) is 4.79 Å². The first kappa shape index (κ1) is 20.4. The van der Waals surface area contributed by atoms with Gasteiger partial charge in [0, 0.05) is 5.92 Å². The van der Waals surface area contributed by atoms with Crippen LogP contribution in [0.4, 0.5) is 0 Å². The molecular weight excluding hydrogens is 428 g/mol. The van der Waals surface area contributed by atoms with Crippen molar-refractivity contribution in [1.29, 1.82) is 0 Å². The molecule has 1 saturated carbocycles. The molecule has 11 heteroatoms. The number of rotatable bonds is 2. The van der Waals surface area contributed by atoms with Gasteiger partial charge in [-0.3, -0.25) is 9.59 Å². The molecule has 0 spiro atoms. The third-order valence-electron chi connectivity index (χ3n) is 6.41. The monoisotopic (exact) mass is 450 g/mol. The van der Waals surface area contributed by atoms with E-state index in [1.165, 1.54) is 17.8 Å². The van der Waals surface area contributed by atoms with Gasteiger partial charge in [-0.25, -0.2) is 0 Å². The molecule has 1 aliphatic carbocycles. The van der Waals surface area contributed by atoms with Gasteiger partial charge in [0.2, 0.25) is 18.4 Å². The summed E-state index contributed by atoms with van der Waals surface area (Å²) in [5, 5.41) is 49.3. The molecule has 0 bridgehead atoms. The molecule has 2 amide bonds. The quantitative estimate of drug-likeness (QED) is 0.338. The molecule has 1 aromatic carbocycles. The lowest BCUT2D eigenvalue weighted by molar-refractivity contribution is -0.134. The molecule has 5 rings (SSSR count). The van der Waals surface area contributed by atoms with E-state index in [2.05, 4.69) is 10.6 Å². The number of aliphatic hydroxyl groups excluding tert-OH is 3. The number of carbonyl (C=O) groups is 2. The van der Waals surface area contributed by atoms with Crippen molar-refractivity contribution in [2.45, 2.75) is 48.5 Å². The van der Waals surface area contributed by atoms with Crippen LogP contribution in [0.3, 0.4) is 0 Å². The Kier molecular flexibility index (Phi) is 4.81. The van der Waals surface area contributed by atoms with Crippen molar-refractivity contribution in [3.05, 3.63) is 28.7 Å². The minimum absolute atomic E-state index is 0.0201. The Morgan fingerprint density at radius 1 is 1.23 bits per heavy atom. The van der Waals surface area contributed by atoms with E-state index in [4.69, 9.17) is 9.47 Å². The number of amides is 2. The van der Waals surface area contributed by atoms with Crippen molar-refractivity contribution in [1.82, 2.24) is 10.6 Å². The van der Waals surface area contributed by atoms with Gasteiger partial charge in [0.25, 0.3) is 5.91 Å². The summed E-state index contributed by atoms with van der Waals surface area (Å²) in [6.07, 6.45) is -2.69. The summed E-state index contributed by atoms with van der Waals surface area (Å²) in [6.45, 7) is 1.77. The van der Waals surface area contributed by atoms with Crippen LogP contribution in [0.5, 0.6) is 17.2 Å². The molecule has 0 saturated heterocycles. The molecule has 0 aromatic heterocycles. The summed E-state index contributed by atoms with van der Waals surface area (Å²) < 4.78 is 10.6. The van der Waals surface area contributed by atoms with E-state index in [9.17, 15) is 30.0 Å². The number of aromatic hydroxyl groups is 1. The van der Waals surface area contributed by atoms with Crippen LogP contribution in [0.1, 0.15) is 28.8 Å². The number of aliphatic hydroxyl groups is 3. The Labute approximate surface area is 181 Å². The van der Waals surface area contributed by atoms with E-state index in [-0.39, 0.29) is 41.2 Å². The van der Waals surface area contributed by atoms with Gasteiger partial charge >= 0.3 is 0 Å². The summed E-state index contributed by atoms with van der Waals surface area (Å²) >= 11 is 1.35. The third kappa shape index (κ3) is 2.99. The number of phenols is 1. The number of benzene rings is 1. The highest BCUT2D eigenvalue weighted by molar-refractivity contribution is 8.03. The van der Waals surface area contributed by atoms with Gasteiger partial charge < -0.3 is 40.5 Å². The molecule has 10 nitrogen and oxygen atoms in total. The largest absolute Gasteiger partial charge is 0.504 e. The van der Waals surface area contributed by atoms with Gasteiger partial charge in [0.05, 0.1) is 22.9 Å². The van der Waals surface area contributed by atoms with Crippen LogP contribution >= 0.6 is 11.8 Å². The standard InChI is InChI=1S/C20H22N2O8S/c1-6-2-3-31-18(6)20(28)22-12-9-7-4-8-17(30-5-29-8)13(23)10(7)19(27)21-11(9)14(24)16(26)15(12)25/h2-4,6,9,11-12,14-16,18,23-26H,5H2,1H3,(H,21,27)(H,22,28). The molecule has 0 radical (unpaired) electrons. The lowest BCUT2D eigenvalue weighted by atomic mass is 9.68. The summed E-state index contributed by atoms with van der Waals surface area (Å²) in [6, 6.07) is -0.530. The van der Waals surface area contributed by atoms with E-state index < -0.39 is 53.2 Å². The van der Waals surface area contributed by atoms with E-state index in [0.29, 0.717) is 0 Å². The second-order valence-corrected chi connectivity index (χ2v) is 9.25. The van der Waals surface area contributed by atoms with Gasteiger partial charge in [0.1, 0.15) is 18.3 Å². The number of hydrogen-bond donors (Lipinski definition) is 6. The molecule has 4 aliphatic rings. The van der Waals surface area contributed by atoms with Crippen molar-refractivity contribution >= 4 is 23.6 Å². The van der Waals surface area contributed by atoms with Crippen LogP contribution in [0.15, 0.2) is 17.6 Å². The Balaban J connectivity index is 1.58. The number of carbonyl (C=O) groups excluding carboxylic acids is 2. The van der Waals surface area contributed by atoms with Crippen molar-refractivity contribution in [3.63, 3.8) is 0 Å². The van der Waals surface area contributed by atoms with Crippen LogP contribution in [0.2, 0.25) is 0 Å². The van der Waals surface area contributed by atoms with Crippen LogP contribution in [-0.4, -0.2) is 74.7 Å². The highest BCUT2D eigenvalue weighted by atomic mass is 32.2. The van der Waals surface area contributed by atoms with Crippen LogP contribution < -0.4 is 20.1 Å². The maximum absolute atomic E-state index is 13.0. The molecule has 1 aromatic rings. The van der Waals surface area contributed by atoms with Crippen molar-refractivity contribution in [3.8, 4) is 17.2 Å². The number of allylic oxidation sites excluding steroid dienone is 1. The molecule has 6 N–H and O–H groups in total. The Hall–Kier alpha value is -2.47. The normalized spacial score (nSPS) is 37.7. The number of thioether (sulfide) groups is 1. The summed E-state index contributed by atoms with van der Waals surface area (Å²) in [4.78, 5) is 25.7. The molecule has 1 fully saturated rings. The molecule has 8 atom stereocenters. The average Bonchev–Trinajstić information content (AvgIpc) is 3.38. The first-order chi connectivity index (χ1) is 14.8. The Morgan fingerprint density at radius 2 is 2.00 bits per heavy atom. The fraction of sp³-hybridized carbons (Fsp3) is 0.500. The average molecular weight is 450 g/mol. The number of ether oxygens (including phenoxy) is 2. The summed E-state index contributed by atoms with van der Waals surface area (Å²) in [5.74, 6) is -2.01. The van der Waals surface area contributed by atoms with Gasteiger partial charge in [-0.15, -0.1) is 11.8 Å². The maximum Gasteiger partial charge on any atom is 0.255 e. The van der Waals surface area contributed by atoms with Gasteiger partial charge in [0.15, 0.2) is 11.5 Å². The predicted molar refractivity (Wildman–Crippen MR) is 108 cm³/mol. The molecule has 166 valence electrons. The molecule has 8 unspecified atom stereocenters. The van der Waals surface area contributed by atoms with Gasteiger partial charge in [-0.1, -0.05) is 13.0 Å². The van der Waals surface area contributed by atoms with Crippen LogP contribution in [0, 0.1) is 5.92 Å². The van der Waals surface area contributed by atoms with Crippen molar-refractivity contribution in [2.75, 3.05) is 6.79 Å². The zero-order chi connectivity index (χ0) is 22.0. The second kappa shape index (κ2) is 7.30. The highest BCUT2D eigenvalue weighted by Crippen LogP contribution is 2.50. The van der Waals surface area contributed by atoms with E-state index in [1.807, 2.05) is 18.4 Å². The van der Waals surface area contributed by atoms with Gasteiger partial charge in [-0.05, 0) is 23.0 Å². The molecule has 31 heavy (non-hydrogen) atoms. The van der Waals surface area contributed by atoms with E-state index in [0.717, 1.165) is 0 Å². The second-order valence-electron chi connectivity index (χ2n) is 8.20. The van der Waals surface area contributed by atoms with E-state index in [1.54, 1.807) is 0 Å².